The Morgan fingerprint density at radius 3 is 2.38 bits per heavy atom. The van der Waals surface area contributed by atoms with Gasteiger partial charge in [-0.2, -0.15) is 0 Å². The minimum Gasteiger partial charge on any atom is -0.326 e. The van der Waals surface area contributed by atoms with Crippen molar-refractivity contribution in [3.8, 4) is 0 Å². The van der Waals surface area contributed by atoms with E-state index in [1.165, 1.54) is 0 Å². The van der Waals surface area contributed by atoms with Gasteiger partial charge in [0.05, 0.1) is 5.75 Å². The van der Waals surface area contributed by atoms with Gasteiger partial charge in [0.25, 0.3) is 0 Å². The van der Waals surface area contributed by atoms with Crippen LogP contribution in [0.4, 0.5) is 11.4 Å². The summed E-state index contributed by atoms with van der Waals surface area (Å²) >= 11 is 1.61. The van der Waals surface area contributed by atoms with Crippen molar-refractivity contribution in [2.45, 2.75) is 38.4 Å². The quantitative estimate of drug-likeness (QED) is 0.875. The van der Waals surface area contributed by atoms with Crippen LogP contribution < -0.4 is 10.6 Å². The lowest BCUT2D eigenvalue weighted by atomic mass is 10.2. The number of rotatable bonds is 5. The van der Waals surface area contributed by atoms with Gasteiger partial charge in [-0.05, 0) is 31.0 Å². The van der Waals surface area contributed by atoms with Crippen LogP contribution in [-0.2, 0) is 9.59 Å². The molecule has 1 saturated carbocycles. The van der Waals surface area contributed by atoms with Gasteiger partial charge in [0.15, 0.2) is 0 Å². The molecule has 0 aromatic heterocycles. The van der Waals surface area contributed by atoms with Crippen molar-refractivity contribution in [1.29, 1.82) is 0 Å². The van der Waals surface area contributed by atoms with E-state index in [0.29, 0.717) is 11.4 Å². The molecule has 2 rings (SSSR count). The van der Waals surface area contributed by atoms with E-state index in [4.69, 9.17) is 0 Å². The molecule has 114 valence electrons. The summed E-state index contributed by atoms with van der Waals surface area (Å²) in [5.74, 6) is 0.635. The monoisotopic (exact) mass is 306 g/mol. The number of amides is 2. The third-order valence-electron chi connectivity index (χ3n) is 3.00. The van der Waals surface area contributed by atoms with Gasteiger partial charge in [0.2, 0.25) is 11.8 Å². The second kappa shape index (κ2) is 6.52. The Balaban J connectivity index is 1.88. The molecule has 1 aromatic carbocycles. The van der Waals surface area contributed by atoms with Crippen LogP contribution in [0.15, 0.2) is 24.3 Å². The third kappa shape index (κ3) is 5.79. The zero-order valence-corrected chi connectivity index (χ0v) is 13.5. The van der Waals surface area contributed by atoms with E-state index in [1.54, 1.807) is 17.8 Å². The first-order chi connectivity index (χ1) is 9.83. The van der Waals surface area contributed by atoms with Crippen molar-refractivity contribution in [3.05, 3.63) is 24.3 Å². The summed E-state index contributed by atoms with van der Waals surface area (Å²) in [5.41, 5.74) is 1.44. The second-order valence-electron chi connectivity index (χ2n) is 6.29. The Morgan fingerprint density at radius 1 is 1.19 bits per heavy atom. The molecule has 0 heterocycles. The van der Waals surface area contributed by atoms with Crippen molar-refractivity contribution < 1.29 is 9.59 Å². The Labute approximate surface area is 130 Å². The van der Waals surface area contributed by atoms with Crippen LogP contribution >= 0.6 is 11.8 Å². The Kier molecular flexibility index (Phi) is 4.93. The van der Waals surface area contributed by atoms with Gasteiger partial charge in [-0.3, -0.25) is 9.59 Å². The summed E-state index contributed by atoms with van der Waals surface area (Å²) in [6, 6.07) is 7.28. The van der Waals surface area contributed by atoms with Crippen LogP contribution in [0, 0.1) is 5.92 Å². The van der Waals surface area contributed by atoms with Crippen LogP contribution in [0.5, 0.6) is 0 Å². The highest BCUT2D eigenvalue weighted by Gasteiger charge is 2.29. The minimum absolute atomic E-state index is 0.0272. The maximum atomic E-state index is 11.9. The molecular weight excluding hydrogens is 284 g/mol. The largest absolute Gasteiger partial charge is 0.326 e. The van der Waals surface area contributed by atoms with E-state index in [0.717, 1.165) is 18.5 Å². The van der Waals surface area contributed by atoms with Gasteiger partial charge in [0.1, 0.15) is 0 Å². The van der Waals surface area contributed by atoms with Gasteiger partial charge in [-0.1, -0.05) is 26.8 Å². The van der Waals surface area contributed by atoms with Gasteiger partial charge in [-0.15, -0.1) is 11.8 Å². The van der Waals surface area contributed by atoms with Gasteiger partial charge in [-0.25, -0.2) is 0 Å². The fraction of sp³-hybridized carbons (Fsp3) is 0.500. The SMILES string of the molecule is CC(C)(C)SCC(=O)Nc1cccc(NC(=O)C2CC2)c1. The molecule has 0 unspecified atom stereocenters. The van der Waals surface area contributed by atoms with E-state index in [9.17, 15) is 9.59 Å². The van der Waals surface area contributed by atoms with Gasteiger partial charge < -0.3 is 10.6 Å². The topological polar surface area (TPSA) is 58.2 Å². The van der Waals surface area contributed by atoms with E-state index < -0.39 is 0 Å². The highest BCUT2D eigenvalue weighted by molar-refractivity contribution is 8.01. The summed E-state index contributed by atoms with van der Waals surface area (Å²) in [6.45, 7) is 6.25. The van der Waals surface area contributed by atoms with Gasteiger partial charge in [0, 0.05) is 22.0 Å². The van der Waals surface area contributed by atoms with Crippen molar-refractivity contribution in [2.24, 2.45) is 5.92 Å². The molecule has 1 fully saturated rings. The fourth-order valence-corrected chi connectivity index (χ4v) is 2.38. The number of nitrogens with one attached hydrogen (secondary N) is 2. The number of hydrogen-bond acceptors (Lipinski definition) is 3. The molecular formula is C16H22N2O2S. The zero-order valence-electron chi connectivity index (χ0n) is 12.7. The Bertz CT molecular complexity index is 533. The standard InChI is InChI=1S/C16H22N2O2S/c1-16(2,3)21-10-14(19)17-12-5-4-6-13(9-12)18-15(20)11-7-8-11/h4-6,9,11H,7-8,10H2,1-3H3,(H,17,19)(H,18,20). The molecule has 1 aliphatic rings. The smallest absolute Gasteiger partial charge is 0.234 e. The molecule has 21 heavy (non-hydrogen) atoms. The average molecular weight is 306 g/mol. The normalized spacial score (nSPS) is 14.6. The third-order valence-corrected chi connectivity index (χ3v) is 4.27. The molecule has 5 heteroatoms. The van der Waals surface area contributed by atoms with Crippen LogP contribution in [0.25, 0.3) is 0 Å². The van der Waals surface area contributed by atoms with Crippen molar-refractivity contribution in [3.63, 3.8) is 0 Å². The lowest BCUT2D eigenvalue weighted by molar-refractivity contribution is -0.117. The first-order valence-electron chi connectivity index (χ1n) is 7.18. The summed E-state index contributed by atoms with van der Waals surface area (Å²) in [5, 5.41) is 5.74. The van der Waals surface area contributed by atoms with Gasteiger partial charge >= 0.3 is 0 Å². The predicted molar refractivity (Wildman–Crippen MR) is 88.6 cm³/mol. The number of anilines is 2. The van der Waals surface area contributed by atoms with Crippen molar-refractivity contribution in [1.82, 2.24) is 0 Å². The highest BCUT2D eigenvalue weighted by atomic mass is 32.2. The van der Waals surface area contributed by atoms with Crippen LogP contribution in [0.1, 0.15) is 33.6 Å². The first-order valence-corrected chi connectivity index (χ1v) is 8.17. The van der Waals surface area contributed by atoms with E-state index in [-0.39, 0.29) is 22.5 Å². The molecule has 0 spiro atoms. The predicted octanol–water partition coefficient (Wildman–Crippen LogP) is 3.51. The Hall–Kier alpha value is -1.49. The molecule has 0 bridgehead atoms. The Morgan fingerprint density at radius 2 is 1.81 bits per heavy atom. The van der Waals surface area contributed by atoms with Crippen molar-refractivity contribution >= 4 is 35.0 Å². The number of benzene rings is 1. The summed E-state index contributed by atoms with van der Waals surface area (Å²) < 4.78 is 0.0669. The number of thioether (sulfide) groups is 1. The maximum Gasteiger partial charge on any atom is 0.234 e. The molecule has 0 aliphatic heterocycles. The average Bonchev–Trinajstić information content (AvgIpc) is 3.20. The van der Waals surface area contributed by atoms with E-state index >= 15 is 0 Å². The van der Waals surface area contributed by atoms with E-state index in [2.05, 4.69) is 31.4 Å². The molecule has 1 aromatic rings. The molecule has 2 amide bonds. The molecule has 0 atom stereocenters. The van der Waals surface area contributed by atoms with E-state index in [1.807, 2.05) is 18.2 Å². The van der Waals surface area contributed by atoms with Crippen LogP contribution in [0.3, 0.4) is 0 Å². The molecule has 4 nitrogen and oxygen atoms in total. The second-order valence-corrected chi connectivity index (χ2v) is 8.10. The lowest BCUT2D eigenvalue weighted by Crippen LogP contribution is -2.19. The zero-order chi connectivity index (χ0) is 15.5. The summed E-state index contributed by atoms with van der Waals surface area (Å²) in [6.07, 6.45) is 1.96. The minimum atomic E-state index is -0.0272. The maximum absolute atomic E-state index is 11.9. The lowest BCUT2D eigenvalue weighted by Gasteiger charge is -2.17. The fourth-order valence-electron chi connectivity index (χ4n) is 1.74. The van der Waals surface area contributed by atoms with Crippen LogP contribution in [-0.4, -0.2) is 22.3 Å². The number of carbonyl (C=O) groups is 2. The van der Waals surface area contributed by atoms with Crippen LogP contribution in [0.2, 0.25) is 0 Å². The molecule has 1 aliphatic carbocycles. The highest BCUT2D eigenvalue weighted by Crippen LogP contribution is 2.30. The summed E-state index contributed by atoms with van der Waals surface area (Å²) in [7, 11) is 0. The van der Waals surface area contributed by atoms with Crippen molar-refractivity contribution in [2.75, 3.05) is 16.4 Å². The molecule has 2 N–H and O–H groups in total. The summed E-state index contributed by atoms with van der Waals surface area (Å²) in [4.78, 5) is 23.6. The number of hydrogen-bond donors (Lipinski definition) is 2. The molecule has 0 radical (unpaired) electrons. The first kappa shape index (κ1) is 15.9. The number of carbonyl (C=O) groups excluding carboxylic acids is 2. The molecule has 0 saturated heterocycles.